The SMILES string of the molecule is CCCCCC/C=C\COC(=O)CCCCCCCC(=O)OCC(COC(=O)CCC(OCCCCCCC)OCCCCCCC)COC(=O)OCCCN(CC)CC. The standard InChI is InChI=1S/C48H89NO11/c1-6-11-14-17-18-24-27-36-54-44(50)31-25-20-19-21-26-32-45(51)58-40-43(42-60-48(53)57-39-30-35-49(9-4)10-5)41-59-46(52)33-34-47(55-37-28-22-15-12-7-2)56-38-29-23-16-13-8-3/h24,27,43,47H,6-23,25-26,28-42H2,1-5H3/b27-24-. The molecule has 12 heteroatoms. The van der Waals surface area contributed by atoms with Gasteiger partial charge in [-0.05, 0) is 58.0 Å². The van der Waals surface area contributed by atoms with Crippen molar-refractivity contribution < 1.29 is 52.3 Å². The van der Waals surface area contributed by atoms with Crippen molar-refractivity contribution in [3.05, 3.63) is 12.2 Å². The van der Waals surface area contributed by atoms with Gasteiger partial charge in [-0.15, -0.1) is 0 Å². The maximum absolute atomic E-state index is 12.9. The third kappa shape index (κ3) is 39.4. The average Bonchev–Trinajstić information content (AvgIpc) is 3.25. The van der Waals surface area contributed by atoms with Crippen molar-refractivity contribution in [3.63, 3.8) is 0 Å². The van der Waals surface area contributed by atoms with Crippen molar-refractivity contribution in [1.82, 2.24) is 4.90 Å². The molecule has 352 valence electrons. The van der Waals surface area contributed by atoms with Gasteiger partial charge in [0.05, 0.1) is 18.9 Å². The predicted octanol–water partition coefficient (Wildman–Crippen LogP) is 11.5. The first-order valence-electron chi connectivity index (χ1n) is 24.2. The van der Waals surface area contributed by atoms with Crippen LogP contribution in [0.3, 0.4) is 0 Å². The quantitative estimate of drug-likeness (QED) is 0.0190. The smallest absolute Gasteiger partial charge is 0.465 e. The minimum Gasteiger partial charge on any atom is -0.465 e. The zero-order valence-electron chi connectivity index (χ0n) is 39.0. The highest BCUT2D eigenvalue weighted by Crippen LogP contribution is 2.13. The highest BCUT2D eigenvalue weighted by Gasteiger charge is 2.20. The van der Waals surface area contributed by atoms with Crippen LogP contribution in [0.5, 0.6) is 0 Å². The lowest BCUT2D eigenvalue weighted by Gasteiger charge is -2.20. The Labute approximate surface area is 365 Å². The van der Waals surface area contributed by atoms with E-state index in [2.05, 4.69) is 45.6 Å². The summed E-state index contributed by atoms with van der Waals surface area (Å²) in [6.45, 7) is 14.9. The molecule has 0 heterocycles. The summed E-state index contributed by atoms with van der Waals surface area (Å²) < 4.78 is 39.1. The van der Waals surface area contributed by atoms with Gasteiger partial charge in [0.15, 0.2) is 6.29 Å². The number of ether oxygens (including phenoxy) is 7. The lowest BCUT2D eigenvalue weighted by molar-refractivity contribution is -0.161. The molecule has 0 aromatic heterocycles. The Morgan fingerprint density at radius 2 is 0.950 bits per heavy atom. The van der Waals surface area contributed by atoms with E-state index in [1.165, 1.54) is 64.2 Å². The van der Waals surface area contributed by atoms with Crippen molar-refractivity contribution in [3.8, 4) is 0 Å². The Balaban J connectivity index is 4.79. The number of carbonyl (C=O) groups excluding carboxylic acids is 4. The molecule has 1 atom stereocenters. The Morgan fingerprint density at radius 1 is 0.467 bits per heavy atom. The van der Waals surface area contributed by atoms with E-state index in [1.807, 2.05) is 6.08 Å². The van der Waals surface area contributed by atoms with Crippen LogP contribution < -0.4 is 0 Å². The van der Waals surface area contributed by atoms with E-state index in [4.69, 9.17) is 33.2 Å². The largest absolute Gasteiger partial charge is 0.508 e. The molecule has 0 N–H and O–H groups in total. The monoisotopic (exact) mass is 856 g/mol. The number of hydrogen-bond acceptors (Lipinski definition) is 12. The molecule has 0 aliphatic rings. The predicted molar refractivity (Wildman–Crippen MR) is 239 cm³/mol. The first-order chi connectivity index (χ1) is 29.3. The first-order valence-corrected chi connectivity index (χ1v) is 24.2. The molecule has 1 unspecified atom stereocenters. The minimum absolute atomic E-state index is 0.0670. The second-order valence-corrected chi connectivity index (χ2v) is 15.8. The van der Waals surface area contributed by atoms with Crippen LogP contribution in [-0.4, -0.2) is 101 Å². The second kappa shape index (κ2) is 44.4. The van der Waals surface area contributed by atoms with E-state index < -0.39 is 24.3 Å². The van der Waals surface area contributed by atoms with E-state index in [1.54, 1.807) is 0 Å². The molecule has 0 saturated carbocycles. The van der Waals surface area contributed by atoms with E-state index in [-0.39, 0.29) is 51.2 Å². The highest BCUT2D eigenvalue weighted by atomic mass is 16.7. The molecule has 0 saturated heterocycles. The van der Waals surface area contributed by atoms with Crippen LogP contribution in [0.1, 0.15) is 195 Å². The molecule has 0 radical (unpaired) electrons. The van der Waals surface area contributed by atoms with Crippen LogP contribution in [0.15, 0.2) is 12.2 Å². The van der Waals surface area contributed by atoms with Crippen molar-refractivity contribution in [2.75, 3.05) is 65.9 Å². The van der Waals surface area contributed by atoms with Gasteiger partial charge < -0.3 is 38.1 Å². The zero-order chi connectivity index (χ0) is 44.2. The number of hydrogen-bond donors (Lipinski definition) is 0. The minimum atomic E-state index is -0.808. The number of unbranched alkanes of at least 4 members (excludes halogenated alkanes) is 16. The number of allylic oxidation sites excluding steroid dienone is 1. The Hall–Kier alpha value is -2.70. The summed E-state index contributed by atoms with van der Waals surface area (Å²) in [5.74, 6) is -1.53. The fraction of sp³-hybridized carbons (Fsp3) is 0.875. The molecular formula is C48H89NO11. The van der Waals surface area contributed by atoms with Crippen LogP contribution in [0.25, 0.3) is 0 Å². The van der Waals surface area contributed by atoms with Gasteiger partial charge in [-0.3, -0.25) is 14.4 Å². The molecule has 0 aliphatic heterocycles. The highest BCUT2D eigenvalue weighted by molar-refractivity contribution is 5.70. The molecule has 0 amide bonds. The van der Waals surface area contributed by atoms with Gasteiger partial charge in [0.2, 0.25) is 0 Å². The van der Waals surface area contributed by atoms with E-state index in [9.17, 15) is 19.2 Å². The molecule has 60 heavy (non-hydrogen) atoms. The fourth-order valence-electron chi connectivity index (χ4n) is 6.37. The second-order valence-electron chi connectivity index (χ2n) is 15.8. The van der Waals surface area contributed by atoms with Gasteiger partial charge in [0.1, 0.15) is 26.4 Å². The molecule has 0 fully saturated rings. The van der Waals surface area contributed by atoms with E-state index in [0.717, 1.165) is 77.4 Å². The molecule has 12 nitrogen and oxygen atoms in total. The van der Waals surface area contributed by atoms with Gasteiger partial charge in [-0.1, -0.05) is 137 Å². The van der Waals surface area contributed by atoms with Gasteiger partial charge in [0.25, 0.3) is 0 Å². The Bertz CT molecular complexity index is 1020. The van der Waals surface area contributed by atoms with Crippen molar-refractivity contribution in [1.29, 1.82) is 0 Å². The molecule has 0 aromatic carbocycles. The zero-order valence-corrected chi connectivity index (χ0v) is 39.0. The van der Waals surface area contributed by atoms with Gasteiger partial charge in [-0.25, -0.2) is 4.79 Å². The van der Waals surface area contributed by atoms with Gasteiger partial charge in [-0.2, -0.15) is 0 Å². The third-order valence-corrected chi connectivity index (χ3v) is 10.3. The normalized spacial score (nSPS) is 12.0. The van der Waals surface area contributed by atoms with Crippen molar-refractivity contribution >= 4 is 24.1 Å². The number of esters is 3. The lowest BCUT2D eigenvalue weighted by atomic mass is 10.1. The van der Waals surface area contributed by atoms with Gasteiger partial charge in [0, 0.05) is 39.0 Å². The van der Waals surface area contributed by atoms with E-state index >= 15 is 0 Å². The summed E-state index contributed by atoms with van der Waals surface area (Å²) in [5, 5.41) is 0. The van der Waals surface area contributed by atoms with Crippen LogP contribution in [0.2, 0.25) is 0 Å². The summed E-state index contributed by atoms with van der Waals surface area (Å²) in [6.07, 6.45) is 25.7. The fourth-order valence-corrected chi connectivity index (χ4v) is 6.37. The Morgan fingerprint density at radius 3 is 1.52 bits per heavy atom. The first kappa shape index (κ1) is 57.3. The summed E-state index contributed by atoms with van der Waals surface area (Å²) in [6, 6.07) is 0. The van der Waals surface area contributed by atoms with Crippen LogP contribution in [0, 0.1) is 5.92 Å². The molecular weight excluding hydrogens is 767 g/mol. The van der Waals surface area contributed by atoms with Crippen LogP contribution in [0.4, 0.5) is 4.79 Å². The topological polar surface area (TPSA) is 136 Å². The average molecular weight is 856 g/mol. The summed E-state index contributed by atoms with van der Waals surface area (Å²) in [7, 11) is 0. The van der Waals surface area contributed by atoms with Crippen LogP contribution in [-0.2, 0) is 47.5 Å². The third-order valence-electron chi connectivity index (χ3n) is 10.3. The maximum atomic E-state index is 12.9. The number of rotatable bonds is 44. The van der Waals surface area contributed by atoms with Crippen molar-refractivity contribution in [2.24, 2.45) is 5.92 Å². The number of nitrogens with zero attached hydrogens (tertiary/aromatic N) is 1. The number of carbonyl (C=O) groups is 4. The van der Waals surface area contributed by atoms with E-state index in [0.29, 0.717) is 45.5 Å². The maximum Gasteiger partial charge on any atom is 0.508 e. The lowest BCUT2D eigenvalue weighted by Crippen LogP contribution is -2.28. The van der Waals surface area contributed by atoms with Crippen molar-refractivity contribution in [2.45, 2.75) is 201 Å². The summed E-state index contributed by atoms with van der Waals surface area (Å²) in [4.78, 5) is 52.1. The van der Waals surface area contributed by atoms with Crippen LogP contribution >= 0.6 is 0 Å². The molecule has 0 aromatic rings. The summed E-state index contributed by atoms with van der Waals surface area (Å²) >= 11 is 0. The van der Waals surface area contributed by atoms with Gasteiger partial charge >= 0.3 is 24.1 Å². The molecule has 0 rings (SSSR count). The molecule has 0 spiro atoms. The Kier molecular flexibility index (Phi) is 42.4. The molecule has 0 bridgehead atoms. The summed E-state index contributed by atoms with van der Waals surface area (Å²) in [5.41, 5.74) is 0. The molecule has 0 aliphatic carbocycles.